The lowest BCUT2D eigenvalue weighted by atomic mass is 10.0. The third-order valence-electron chi connectivity index (χ3n) is 7.46. The zero-order valence-corrected chi connectivity index (χ0v) is 24.0. The predicted octanol–water partition coefficient (Wildman–Crippen LogP) is 5.35. The van der Waals surface area contributed by atoms with Crippen LogP contribution in [0.4, 0.5) is 15.0 Å². The summed E-state index contributed by atoms with van der Waals surface area (Å²) in [5.74, 6) is -0.847. The van der Waals surface area contributed by atoms with Crippen LogP contribution in [0.1, 0.15) is 44.9 Å². The average Bonchev–Trinajstić information content (AvgIpc) is 2.90. The molecule has 10 nitrogen and oxygen atoms in total. The van der Waals surface area contributed by atoms with Crippen molar-refractivity contribution in [1.29, 1.82) is 0 Å². The molecule has 5 rings (SSSR count). The second kappa shape index (κ2) is 10.6. The van der Waals surface area contributed by atoms with Crippen LogP contribution in [0, 0.1) is 12.7 Å². The van der Waals surface area contributed by atoms with Gasteiger partial charge in [0.1, 0.15) is 17.4 Å². The summed E-state index contributed by atoms with van der Waals surface area (Å²) in [5.41, 5.74) is 1.20. The standard InChI is InChI=1S/C29H30ClFN6O4/c1-14(2)23-25(15(3)9-10-32-23)37-27-18(11-19(30)24(33-27)22-20(31)7-6-8-21(22)38)26(34-28(37)39)35-12-17(5)36(29(40)41)13-16(35)4/h6-11,14,16-17,38H,12-13H2,1-5H3,(H,40,41)/t16-,17+/m0/s1. The highest BCUT2D eigenvalue weighted by Crippen LogP contribution is 2.39. The minimum absolute atomic E-state index is 0.0372. The van der Waals surface area contributed by atoms with Gasteiger partial charge >= 0.3 is 11.8 Å². The maximum absolute atomic E-state index is 15.0. The van der Waals surface area contributed by atoms with E-state index >= 15 is 4.39 Å². The second-order valence-corrected chi connectivity index (χ2v) is 11.1. The van der Waals surface area contributed by atoms with Gasteiger partial charge in [-0.2, -0.15) is 4.98 Å². The fourth-order valence-corrected chi connectivity index (χ4v) is 5.67. The molecule has 1 saturated heterocycles. The van der Waals surface area contributed by atoms with E-state index < -0.39 is 17.6 Å². The third kappa shape index (κ3) is 4.84. The smallest absolute Gasteiger partial charge is 0.407 e. The van der Waals surface area contributed by atoms with Crippen molar-refractivity contribution in [3.05, 3.63) is 69.1 Å². The molecule has 0 spiro atoms. The number of nitrogens with zero attached hydrogens (tertiary/aromatic N) is 6. The number of carboxylic acid groups (broad SMARTS) is 1. The molecule has 2 N–H and O–H groups in total. The Bertz CT molecular complexity index is 1720. The summed E-state index contributed by atoms with van der Waals surface area (Å²) in [4.78, 5) is 42.7. The predicted molar refractivity (Wildman–Crippen MR) is 155 cm³/mol. The highest BCUT2D eigenvalue weighted by molar-refractivity contribution is 6.34. The number of anilines is 1. The van der Waals surface area contributed by atoms with Gasteiger partial charge in [0.25, 0.3) is 0 Å². The van der Waals surface area contributed by atoms with Crippen LogP contribution in [0.25, 0.3) is 28.0 Å². The molecule has 3 aromatic heterocycles. The number of piperazine rings is 1. The van der Waals surface area contributed by atoms with Gasteiger partial charge in [-0.05, 0) is 56.5 Å². The van der Waals surface area contributed by atoms with Gasteiger partial charge in [0.15, 0.2) is 5.65 Å². The quantitative estimate of drug-likeness (QED) is 0.331. The Balaban J connectivity index is 1.87. The number of halogens is 2. The van der Waals surface area contributed by atoms with Gasteiger partial charge in [-0.3, -0.25) is 4.98 Å². The van der Waals surface area contributed by atoms with Gasteiger partial charge in [0, 0.05) is 31.4 Å². The number of hydrogen-bond acceptors (Lipinski definition) is 7. The molecule has 4 heterocycles. The lowest BCUT2D eigenvalue weighted by Crippen LogP contribution is -2.58. The van der Waals surface area contributed by atoms with E-state index in [-0.39, 0.29) is 64.6 Å². The first-order valence-electron chi connectivity index (χ1n) is 13.2. The summed E-state index contributed by atoms with van der Waals surface area (Å²) < 4.78 is 16.4. The van der Waals surface area contributed by atoms with Crippen LogP contribution in [-0.2, 0) is 0 Å². The Labute approximate surface area is 240 Å². The number of aryl methyl sites for hydroxylation is 1. The van der Waals surface area contributed by atoms with Crippen LogP contribution >= 0.6 is 11.6 Å². The Morgan fingerprint density at radius 3 is 2.54 bits per heavy atom. The topological polar surface area (TPSA) is 125 Å². The van der Waals surface area contributed by atoms with E-state index in [0.717, 1.165) is 5.56 Å². The summed E-state index contributed by atoms with van der Waals surface area (Å²) in [6.45, 7) is 9.87. The molecule has 4 aromatic rings. The zero-order chi connectivity index (χ0) is 29.7. The molecule has 214 valence electrons. The molecule has 1 aliphatic rings. The fraction of sp³-hybridized carbons (Fsp3) is 0.345. The van der Waals surface area contributed by atoms with Crippen LogP contribution in [0.5, 0.6) is 5.75 Å². The monoisotopic (exact) mass is 580 g/mol. The van der Waals surface area contributed by atoms with Crippen molar-refractivity contribution in [2.45, 2.75) is 52.6 Å². The first-order chi connectivity index (χ1) is 19.4. The van der Waals surface area contributed by atoms with Crippen LogP contribution in [-0.4, -0.2) is 65.9 Å². The molecule has 41 heavy (non-hydrogen) atoms. The lowest BCUT2D eigenvalue weighted by Gasteiger charge is -2.43. The minimum atomic E-state index is -1.02. The molecule has 2 atom stereocenters. The molecule has 0 radical (unpaired) electrons. The number of aromatic nitrogens is 4. The summed E-state index contributed by atoms with van der Waals surface area (Å²) in [7, 11) is 0. The van der Waals surface area contributed by atoms with E-state index in [2.05, 4.69) is 9.97 Å². The van der Waals surface area contributed by atoms with Gasteiger partial charge in [-0.15, -0.1) is 0 Å². The van der Waals surface area contributed by atoms with Crippen molar-refractivity contribution in [2.24, 2.45) is 0 Å². The molecule has 1 amide bonds. The van der Waals surface area contributed by atoms with E-state index in [1.165, 1.54) is 27.7 Å². The molecule has 1 fully saturated rings. The normalized spacial score (nSPS) is 17.5. The number of amides is 1. The molecular weight excluding hydrogens is 551 g/mol. The van der Waals surface area contributed by atoms with Crippen LogP contribution in [0.2, 0.25) is 5.02 Å². The number of rotatable bonds is 4. The van der Waals surface area contributed by atoms with Crippen molar-refractivity contribution in [3.8, 4) is 22.7 Å². The SMILES string of the molecule is Cc1ccnc(C(C)C)c1-n1c(=O)nc(N2C[C@@H](C)N(C(=O)O)C[C@@H]2C)c2cc(Cl)c(-c3c(O)cccc3F)nc21. The lowest BCUT2D eigenvalue weighted by molar-refractivity contribution is 0.114. The van der Waals surface area contributed by atoms with Crippen molar-refractivity contribution in [1.82, 2.24) is 24.4 Å². The molecule has 0 bridgehead atoms. The van der Waals surface area contributed by atoms with Gasteiger partial charge < -0.3 is 20.0 Å². The number of fused-ring (bicyclic) bond motifs is 1. The molecule has 0 unspecified atom stereocenters. The van der Waals surface area contributed by atoms with E-state index in [1.807, 2.05) is 32.6 Å². The summed E-state index contributed by atoms with van der Waals surface area (Å²) >= 11 is 6.70. The molecular formula is C29H30ClFN6O4. The number of pyridine rings is 2. The summed E-state index contributed by atoms with van der Waals surface area (Å²) in [6, 6.07) is 6.53. The molecule has 1 aromatic carbocycles. The summed E-state index contributed by atoms with van der Waals surface area (Å²) in [5, 5.41) is 20.6. The number of phenols is 1. The molecule has 0 saturated carbocycles. The summed E-state index contributed by atoms with van der Waals surface area (Å²) in [6.07, 6.45) is 0.644. The fourth-order valence-electron chi connectivity index (χ4n) is 5.42. The van der Waals surface area contributed by atoms with E-state index in [0.29, 0.717) is 16.8 Å². The number of hydrogen-bond donors (Lipinski definition) is 2. The number of carbonyl (C=O) groups is 1. The van der Waals surface area contributed by atoms with Gasteiger partial charge in [-0.25, -0.2) is 23.5 Å². The highest BCUT2D eigenvalue weighted by atomic mass is 35.5. The van der Waals surface area contributed by atoms with E-state index in [9.17, 15) is 19.8 Å². The molecule has 1 aliphatic heterocycles. The van der Waals surface area contributed by atoms with Crippen molar-refractivity contribution in [3.63, 3.8) is 0 Å². The Hall–Kier alpha value is -4.25. The van der Waals surface area contributed by atoms with E-state index in [1.54, 1.807) is 25.3 Å². The Morgan fingerprint density at radius 2 is 1.88 bits per heavy atom. The minimum Gasteiger partial charge on any atom is -0.507 e. The van der Waals surface area contributed by atoms with Crippen molar-refractivity contribution in [2.75, 3.05) is 18.0 Å². The van der Waals surface area contributed by atoms with Gasteiger partial charge in [-0.1, -0.05) is 31.5 Å². The average molecular weight is 581 g/mol. The number of phenolic OH excluding ortho intramolecular Hbond substituents is 1. The van der Waals surface area contributed by atoms with E-state index in [4.69, 9.17) is 16.6 Å². The second-order valence-electron chi connectivity index (χ2n) is 10.7. The highest BCUT2D eigenvalue weighted by Gasteiger charge is 2.35. The third-order valence-corrected chi connectivity index (χ3v) is 7.75. The van der Waals surface area contributed by atoms with Gasteiger partial charge in [0.05, 0.1) is 33.0 Å². The largest absolute Gasteiger partial charge is 0.507 e. The van der Waals surface area contributed by atoms with Crippen LogP contribution in [0.3, 0.4) is 0 Å². The van der Waals surface area contributed by atoms with Crippen LogP contribution in [0.15, 0.2) is 41.3 Å². The first-order valence-corrected chi connectivity index (χ1v) is 13.6. The molecule has 0 aliphatic carbocycles. The molecule has 12 heteroatoms. The number of benzene rings is 1. The van der Waals surface area contributed by atoms with Gasteiger partial charge in [0.2, 0.25) is 0 Å². The Morgan fingerprint density at radius 1 is 1.15 bits per heavy atom. The van der Waals surface area contributed by atoms with Crippen molar-refractivity contribution < 1.29 is 19.4 Å². The maximum Gasteiger partial charge on any atom is 0.407 e. The number of aromatic hydroxyl groups is 1. The van der Waals surface area contributed by atoms with Crippen LogP contribution < -0.4 is 10.6 Å². The maximum atomic E-state index is 15.0. The zero-order valence-electron chi connectivity index (χ0n) is 23.3. The Kier molecular flexibility index (Phi) is 7.33. The van der Waals surface area contributed by atoms with Crippen molar-refractivity contribution >= 4 is 34.5 Å². The first kappa shape index (κ1) is 28.3.